The summed E-state index contributed by atoms with van der Waals surface area (Å²) < 4.78 is 1.84. The van der Waals surface area contributed by atoms with Crippen molar-refractivity contribution >= 4 is 27.5 Å². The van der Waals surface area contributed by atoms with Crippen LogP contribution in [0.4, 0.5) is 0 Å². The van der Waals surface area contributed by atoms with Crippen molar-refractivity contribution in [2.75, 3.05) is 0 Å². The molecule has 6 heteroatoms. The minimum atomic E-state index is -0.552. The van der Waals surface area contributed by atoms with Gasteiger partial charge in [-0.15, -0.1) is 0 Å². The summed E-state index contributed by atoms with van der Waals surface area (Å²) in [6, 6.07) is 6.54. The summed E-state index contributed by atoms with van der Waals surface area (Å²) in [5.41, 5.74) is 0.342. The number of hydrogen-bond acceptors (Lipinski definition) is 2. The van der Waals surface area contributed by atoms with E-state index in [1.54, 1.807) is 6.07 Å². The number of rotatable bonds is 1. The van der Waals surface area contributed by atoms with Crippen LogP contribution < -0.4 is 11.2 Å². The van der Waals surface area contributed by atoms with Crippen molar-refractivity contribution in [1.29, 1.82) is 0 Å². The summed E-state index contributed by atoms with van der Waals surface area (Å²) in [6.07, 6.45) is 0. The van der Waals surface area contributed by atoms with Crippen LogP contribution in [0.2, 0.25) is 5.15 Å². The molecule has 0 spiro atoms. The molecule has 1 N–H and O–H groups in total. The summed E-state index contributed by atoms with van der Waals surface area (Å²) in [6.45, 7) is 1.82. The average Bonchev–Trinajstić information content (AvgIpc) is 2.21. The van der Waals surface area contributed by atoms with Crippen molar-refractivity contribution in [3.63, 3.8) is 0 Å². The van der Waals surface area contributed by atoms with Gasteiger partial charge in [0.25, 0.3) is 5.56 Å². The number of H-pyrrole nitrogens is 1. The van der Waals surface area contributed by atoms with E-state index in [-0.39, 0.29) is 5.15 Å². The maximum absolute atomic E-state index is 11.8. The van der Waals surface area contributed by atoms with Crippen molar-refractivity contribution in [2.24, 2.45) is 0 Å². The second-order valence-corrected chi connectivity index (χ2v) is 4.85. The van der Waals surface area contributed by atoms with Crippen LogP contribution in [-0.2, 0) is 0 Å². The molecule has 2 rings (SSSR count). The number of aromatic amines is 1. The molecule has 0 fully saturated rings. The Kier molecular flexibility index (Phi) is 3.22. The Labute approximate surface area is 110 Å². The van der Waals surface area contributed by atoms with E-state index in [2.05, 4.69) is 20.9 Å². The van der Waals surface area contributed by atoms with Crippen LogP contribution in [0.1, 0.15) is 5.56 Å². The predicted molar refractivity (Wildman–Crippen MR) is 70.1 cm³/mol. The van der Waals surface area contributed by atoms with Gasteiger partial charge in [-0.25, -0.2) is 9.36 Å². The number of hydrogen-bond donors (Lipinski definition) is 1. The lowest BCUT2D eigenvalue weighted by Gasteiger charge is -2.08. The summed E-state index contributed by atoms with van der Waals surface area (Å²) in [5.74, 6) is 0. The Hall–Kier alpha value is -1.33. The first-order valence-electron chi connectivity index (χ1n) is 4.77. The molecule has 0 aliphatic rings. The molecular weight excluding hydrogens is 307 g/mol. The van der Waals surface area contributed by atoms with Gasteiger partial charge in [-0.1, -0.05) is 33.6 Å². The van der Waals surface area contributed by atoms with Crippen LogP contribution in [-0.4, -0.2) is 9.55 Å². The van der Waals surface area contributed by atoms with Gasteiger partial charge in [0.05, 0.1) is 5.69 Å². The predicted octanol–water partition coefficient (Wildman–Crippen LogP) is 2.25. The van der Waals surface area contributed by atoms with E-state index in [0.717, 1.165) is 14.6 Å². The summed E-state index contributed by atoms with van der Waals surface area (Å²) >= 11 is 8.91. The number of nitrogens with zero attached hydrogens (tertiary/aromatic N) is 1. The first-order chi connectivity index (χ1) is 7.99. The number of aromatic nitrogens is 2. The highest BCUT2D eigenvalue weighted by molar-refractivity contribution is 9.10. The van der Waals surface area contributed by atoms with E-state index < -0.39 is 11.2 Å². The molecule has 0 saturated heterocycles. The molecule has 1 aromatic heterocycles. The molecule has 17 heavy (non-hydrogen) atoms. The topological polar surface area (TPSA) is 54.9 Å². The van der Waals surface area contributed by atoms with E-state index >= 15 is 0 Å². The highest BCUT2D eigenvalue weighted by atomic mass is 79.9. The van der Waals surface area contributed by atoms with E-state index in [0.29, 0.717) is 5.69 Å². The molecular formula is C11H8BrClN2O2. The molecule has 0 unspecified atom stereocenters. The molecule has 0 amide bonds. The maximum atomic E-state index is 11.8. The number of nitrogens with one attached hydrogen (secondary N) is 1. The Morgan fingerprint density at radius 1 is 1.29 bits per heavy atom. The average molecular weight is 316 g/mol. The molecule has 0 atom stereocenters. The summed E-state index contributed by atoms with van der Waals surface area (Å²) in [4.78, 5) is 25.9. The zero-order valence-electron chi connectivity index (χ0n) is 8.83. The molecule has 4 nitrogen and oxygen atoms in total. The Bertz CT molecular complexity index is 659. The van der Waals surface area contributed by atoms with Crippen molar-refractivity contribution in [2.45, 2.75) is 6.92 Å². The minimum Gasteiger partial charge on any atom is -0.297 e. The van der Waals surface area contributed by atoms with Gasteiger partial charge >= 0.3 is 5.69 Å². The van der Waals surface area contributed by atoms with Crippen LogP contribution in [0, 0.1) is 6.92 Å². The molecule has 0 radical (unpaired) electrons. The summed E-state index contributed by atoms with van der Waals surface area (Å²) in [7, 11) is 0. The van der Waals surface area contributed by atoms with Gasteiger partial charge in [-0.2, -0.15) is 0 Å². The zero-order valence-corrected chi connectivity index (χ0v) is 11.2. The SMILES string of the molecule is Cc1ccc(Br)cc1-n1c(=O)cc(Cl)[nH]c1=O. The van der Waals surface area contributed by atoms with Gasteiger partial charge in [0.1, 0.15) is 5.15 Å². The minimum absolute atomic E-state index is 0.0314. The van der Waals surface area contributed by atoms with Gasteiger partial charge < -0.3 is 0 Å². The second kappa shape index (κ2) is 4.50. The van der Waals surface area contributed by atoms with Gasteiger partial charge in [0.2, 0.25) is 0 Å². The standard InChI is InChI=1S/C11H8BrClN2O2/c1-6-2-3-7(12)4-8(6)15-10(16)5-9(13)14-11(15)17/h2-5H,1H3,(H,14,17). The number of benzene rings is 1. The van der Waals surface area contributed by atoms with E-state index in [9.17, 15) is 9.59 Å². The normalized spacial score (nSPS) is 10.5. The van der Waals surface area contributed by atoms with Crippen molar-refractivity contribution in [3.8, 4) is 5.69 Å². The first kappa shape index (κ1) is 12.1. The molecule has 0 aliphatic carbocycles. The summed E-state index contributed by atoms with van der Waals surface area (Å²) in [5, 5.41) is 0.0314. The molecule has 88 valence electrons. The van der Waals surface area contributed by atoms with Crippen LogP contribution in [0.3, 0.4) is 0 Å². The van der Waals surface area contributed by atoms with Crippen LogP contribution in [0.15, 0.2) is 38.3 Å². The fourth-order valence-electron chi connectivity index (χ4n) is 1.52. The molecule has 2 aromatic rings. The first-order valence-corrected chi connectivity index (χ1v) is 5.94. The highest BCUT2D eigenvalue weighted by Crippen LogP contribution is 2.17. The van der Waals surface area contributed by atoms with Crippen LogP contribution in [0.25, 0.3) is 5.69 Å². The van der Waals surface area contributed by atoms with Gasteiger partial charge in [0, 0.05) is 10.5 Å². The lowest BCUT2D eigenvalue weighted by atomic mass is 10.2. The number of aryl methyl sites for hydroxylation is 1. The van der Waals surface area contributed by atoms with Crippen molar-refractivity contribution in [1.82, 2.24) is 9.55 Å². The lowest BCUT2D eigenvalue weighted by molar-refractivity contribution is 0.868. The fraction of sp³-hybridized carbons (Fsp3) is 0.0909. The van der Waals surface area contributed by atoms with Gasteiger partial charge in [0.15, 0.2) is 0 Å². The number of halogens is 2. The Morgan fingerprint density at radius 2 is 2.00 bits per heavy atom. The fourth-order valence-corrected chi connectivity index (χ4v) is 2.04. The monoisotopic (exact) mass is 314 g/mol. The van der Waals surface area contributed by atoms with E-state index in [1.165, 1.54) is 6.07 Å². The van der Waals surface area contributed by atoms with Gasteiger partial charge in [-0.05, 0) is 24.6 Å². The third-order valence-corrected chi connectivity index (χ3v) is 3.01. The lowest BCUT2D eigenvalue weighted by Crippen LogP contribution is -2.33. The Morgan fingerprint density at radius 3 is 2.65 bits per heavy atom. The molecule has 0 aliphatic heterocycles. The Balaban J connectivity index is 2.82. The van der Waals surface area contributed by atoms with E-state index in [4.69, 9.17) is 11.6 Å². The third-order valence-electron chi connectivity index (χ3n) is 2.31. The zero-order chi connectivity index (χ0) is 12.6. The maximum Gasteiger partial charge on any atom is 0.334 e. The van der Waals surface area contributed by atoms with Gasteiger partial charge in [-0.3, -0.25) is 9.78 Å². The van der Waals surface area contributed by atoms with Crippen LogP contribution >= 0.6 is 27.5 Å². The molecule has 1 aromatic carbocycles. The third kappa shape index (κ3) is 2.35. The van der Waals surface area contributed by atoms with E-state index in [1.807, 2.05) is 19.1 Å². The smallest absolute Gasteiger partial charge is 0.297 e. The van der Waals surface area contributed by atoms with Crippen molar-refractivity contribution in [3.05, 3.63) is 60.3 Å². The highest BCUT2D eigenvalue weighted by Gasteiger charge is 2.08. The van der Waals surface area contributed by atoms with Crippen molar-refractivity contribution < 1.29 is 0 Å². The molecule has 1 heterocycles. The van der Waals surface area contributed by atoms with Crippen LogP contribution in [0.5, 0.6) is 0 Å². The quantitative estimate of drug-likeness (QED) is 0.821. The molecule has 0 bridgehead atoms. The second-order valence-electron chi connectivity index (χ2n) is 3.53. The molecule has 0 saturated carbocycles. The largest absolute Gasteiger partial charge is 0.334 e.